The Balaban J connectivity index is 2.52. The molecule has 17 heavy (non-hydrogen) atoms. The third kappa shape index (κ3) is 2.58. The fourth-order valence-corrected chi connectivity index (χ4v) is 1.49. The molecule has 0 amide bonds. The zero-order valence-electron chi connectivity index (χ0n) is 8.52. The van der Waals surface area contributed by atoms with Crippen LogP contribution in [0.3, 0.4) is 0 Å². The van der Waals surface area contributed by atoms with E-state index in [1.54, 1.807) is 12.1 Å². The first kappa shape index (κ1) is 11.5. The van der Waals surface area contributed by atoms with Gasteiger partial charge < -0.3 is 0 Å². The summed E-state index contributed by atoms with van der Waals surface area (Å²) in [6.45, 7) is 0. The van der Waals surface area contributed by atoms with Gasteiger partial charge in [0.1, 0.15) is 11.6 Å². The number of hydrogen-bond donors (Lipinski definition) is 0. The van der Waals surface area contributed by atoms with Crippen LogP contribution in [0.4, 0.5) is 14.5 Å². The maximum atomic E-state index is 13.5. The zero-order chi connectivity index (χ0) is 12.3. The maximum Gasteiger partial charge on any atom is 0.135 e. The van der Waals surface area contributed by atoms with E-state index in [4.69, 9.17) is 0 Å². The van der Waals surface area contributed by atoms with Gasteiger partial charge in [0, 0.05) is 17.8 Å². The molecule has 1 aromatic heterocycles. The van der Waals surface area contributed by atoms with E-state index in [9.17, 15) is 8.78 Å². The summed E-state index contributed by atoms with van der Waals surface area (Å²) in [6, 6.07) is 6.49. The van der Waals surface area contributed by atoms with Crippen molar-refractivity contribution in [2.24, 2.45) is 4.99 Å². The fraction of sp³-hybridized carbons (Fsp3) is 0. The Hall–Kier alpha value is -1.97. The second-order valence-corrected chi connectivity index (χ2v) is 3.41. The largest absolute Gasteiger partial charge is 0.256 e. The third-order valence-electron chi connectivity index (χ3n) is 2.13. The van der Waals surface area contributed by atoms with Crippen LogP contribution in [0.5, 0.6) is 0 Å². The minimum atomic E-state index is -0.666. The molecule has 0 saturated carbocycles. The summed E-state index contributed by atoms with van der Waals surface area (Å²) >= 11 is 4.48. The van der Waals surface area contributed by atoms with Crippen LogP contribution in [0.2, 0.25) is 0 Å². The molecule has 0 aliphatic rings. The Bertz CT molecular complexity index is 607. The monoisotopic (exact) mass is 248 g/mol. The van der Waals surface area contributed by atoms with Crippen molar-refractivity contribution in [1.29, 1.82) is 0 Å². The number of hydrogen-bond acceptors (Lipinski definition) is 3. The zero-order valence-corrected chi connectivity index (χ0v) is 9.34. The minimum Gasteiger partial charge on any atom is -0.256 e. The van der Waals surface area contributed by atoms with Gasteiger partial charge in [-0.1, -0.05) is 0 Å². The first-order chi connectivity index (χ1) is 8.20. The molecule has 0 spiro atoms. The molecule has 0 unspecified atom stereocenters. The van der Waals surface area contributed by atoms with Gasteiger partial charge in [-0.15, -0.1) is 0 Å². The van der Waals surface area contributed by atoms with Crippen molar-refractivity contribution in [3.05, 3.63) is 48.2 Å². The predicted molar refractivity (Wildman–Crippen MR) is 64.3 cm³/mol. The van der Waals surface area contributed by atoms with E-state index < -0.39 is 11.6 Å². The molecule has 0 fully saturated rings. The number of pyridine rings is 1. The molecule has 84 valence electrons. The number of thiocarbonyl (C=S) groups is 1. The number of rotatable bonds is 2. The van der Waals surface area contributed by atoms with Crippen molar-refractivity contribution in [2.45, 2.75) is 0 Å². The summed E-state index contributed by atoms with van der Waals surface area (Å²) in [4.78, 5) is 7.77. The van der Waals surface area contributed by atoms with Crippen LogP contribution in [-0.4, -0.2) is 10.1 Å². The van der Waals surface area contributed by atoms with Crippen molar-refractivity contribution in [1.82, 2.24) is 4.98 Å². The summed E-state index contributed by atoms with van der Waals surface area (Å²) in [7, 11) is 0. The van der Waals surface area contributed by atoms with Gasteiger partial charge in [0.15, 0.2) is 0 Å². The van der Waals surface area contributed by atoms with E-state index in [1.165, 1.54) is 18.3 Å². The summed E-state index contributed by atoms with van der Waals surface area (Å²) in [5.74, 6) is -1.29. The lowest BCUT2D eigenvalue weighted by Crippen LogP contribution is -1.88. The second-order valence-electron chi connectivity index (χ2n) is 3.23. The predicted octanol–water partition coefficient (Wildman–Crippen LogP) is 3.76. The molecule has 1 heterocycles. The SMILES string of the molecule is Fc1ccc(-c2cc(N=C=S)ccn2)c(F)c1. The average molecular weight is 248 g/mol. The Morgan fingerprint density at radius 3 is 2.71 bits per heavy atom. The van der Waals surface area contributed by atoms with Crippen LogP contribution in [0.15, 0.2) is 41.5 Å². The molecule has 2 aromatic rings. The average Bonchev–Trinajstić information content (AvgIpc) is 2.29. The standard InChI is InChI=1S/C12H6F2N2S/c13-8-1-2-10(11(14)5-8)12-6-9(16-7-17)3-4-15-12/h1-6H. The molecule has 5 heteroatoms. The molecule has 1 aromatic carbocycles. The molecule has 0 aliphatic carbocycles. The quantitative estimate of drug-likeness (QED) is 0.597. The highest BCUT2D eigenvalue weighted by molar-refractivity contribution is 7.78. The molecule has 2 nitrogen and oxygen atoms in total. The normalized spacial score (nSPS) is 9.76. The molecule has 0 aliphatic heterocycles. The topological polar surface area (TPSA) is 25.2 Å². The van der Waals surface area contributed by atoms with E-state index in [2.05, 4.69) is 27.4 Å². The van der Waals surface area contributed by atoms with E-state index in [0.717, 1.165) is 6.07 Å². The highest BCUT2D eigenvalue weighted by Gasteiger charge is 2.07. The van der Waals surface area contributed by atoms with Crippen LogP contribution < -0.4 is 0 Å². The van der Waals surface area contributed by atoms with Crippen molar-refractivity contribution in [3.8, 4) is 11.3 Å². The molecular weight excluding hydrogens is 242 g/mol. The third-order valence-corrected chi connectivity index (χ3v) is 2.22. The van der Waals surface area contributed by atoms with Gasteiger partial charge in [0.2, 0.25) is 0 Å². The van der Waals surface area contributed by atoms with E-state index >= 15 is 0 Å². The lowest BCUT2D eigenvalue weighted by molar-refractivity contribution is 0.585. The summed E-state index contributed by atoms with van der Waals surface area (Å²) in [5, 5.41) is 2.21. The highest BCUT2D eigenvalue weighted by atomic mass is 32.1. The molecular formula is C12H6F2N2S. The minimum absolute atomic E-state index is 0.216. The van der Waals surface area contributed by atoms with E-state index in [1.807, 2.05) is 0 Å². The van der Waals surface area contributed by atoms with Gasteiger partial charge in [0.25, 0.3) is 0 Å². The number of benzene rings is 1. The lowest BCUT2D eigenvalue weighted by Gasteiger charge is -2.02. The molecule has 2 rings (SSSR count). The van der Waals surface area contributed by atoms with Crippen LogP contribution >= 0.6 is 12.2 Å². The summed E-state index contributed by atoms with van der Waals surface area (Å²) in [5.41, 5.74) is 1.11. The molecule has 0 radical (unpaired) electrons. The van der Waals surface area contributed by atoms with Gasteiger partial charge in [0.05, 0.1) is 16.5 Å². The van der Waals surface area contributed by atoms with Gasteiger partial charge in [-0.25, -0.2) is 8.78 Å². The lowest BCUT2D eigenvalue weighted by atomic mass is 10.1. The fourth-order valence-electron chi connectivity index (χ4n) is 1.39. The van der Waals surface area contributed by atoms with Gasteiger partial charge in [-0.2, -0.15) is 4.99 Å². The van der Waals surface area contributed by atoms with E-state index in [0.29, 0.717) is 11.4 Å². The molecule has 0 N–H and O–H groups in total. The first-order valence-corrected chi connectivity index (χ1v) is 5.11. The number of isothiocyanates is 1. The van der Waals surface area contributed by atoms with Gasteiger partial charge >= 0.3 is 0 Å². The summed E-state index contributed by atoms with van der Waals surface area (Å²) < 4.78 is 26.3. The Morgan fingerprint density at radius 1 is 1.18 bits per heavy atom. The van der Waals surface area contributed by atoms with Crippen LogP contribution in [0, 0.1) is 11.6 Å². The maximum absolute atomic E-state index is 13.5. The van der Waals surface area contributed by atoms with Crippen LogP contribution in [0.25, 0.3) is 11.3 Å². The van der Waals surface area contributed by atoms with Crippen molar-refractivity contribution < 1.29 is 8.78 Å². The van der Waals surface area contributed by atoms with Crippen LogP contribution in [-0.2, 0) is 0 Å². The van der Waals surface area contributed by atoms with Crippen molar-refractivity contribution in [3.63, 3.8) is 0 Å². The van der Waals surface area contributed by atoms with Gasteiger partial charge in [-0.05, 0) is 36.5 Å². The van der Waals surface area contributed by atoms with Crippen molar-refractivity contribution >= 4 is 23.1 Å². The Morgan fingerprint density at radius 2 is 2.00 bits per heavy atom. The molecule has 0 saturated heterocycles. The van der Waals surface area contributed by atoms with Crippen LogP contribution in [0.1, 0.15) is 0 Å². The highest BCUT2D eigenvalue weighted by Crippen LogP contribution is 2.24. The molecule has 0 atom stereocenters. The smallest absolute Gasteiger partial charge is 0.135 e. The van der Waals surface area contributed by atoms with Crippen molar-refractivity contribution in [2.75, 3.05) is 0 Å². The van der Waals surface area contributed by atoms with E-state index in [-0.39, 0.29) is 5.56 Å². The number of aromatic nitrogens is 1. The number of nitrogens with zero attached hydrogens (tertiary/aromatic N) is 2. The number of halogens is 2. The Labute approximate surface area is 102 Å². The molecule has 0 bridgehead atoms. The first-order valence-electron chi connectivity index (χ1n) is 4.70. The Kier molecular flexibility index (Phi) is 3.32. The van der Waals surface area contributed by atoms with Gasteiger partial charge in [-0.3, -0.25) is 4.98 Å². The number of aliphatic imine (C=N–C) groups is 1. The summed E-state index contributed by atoms with van der Waals surface area (Å²) in [6.07, 6.45) is 1.48. The second kappa shape index (κ2) is 4.91.